The standard InChI is InChI=1S/C18H18N4O4/c1-3-15(17(23)19-16-9-11(2)26-22-16)25-18(24)14-10-13(20-21-14)12-7-5-4-6-8-12/h4-10,15H,3H2,1-2H3,(H,20,21)(H,19,22,23). The van der Waals surface area contributed by atoms with Crippen LogP contribution in [0.15, 0.2) is 47.0 Å². The highest BCUT2D eigenvalue weighted by atomic mass is 16.5. The summed E-state index contributed by atoms with van der Waals surface area (Å²) in [6, 6.07) is 12.6. The van der Waals surface area contributed by atoms with Crippen molar-refractivity contribution in [2.24, 2.45) is 0 Å². The first-order valence-corrected chi connectivity index (χ1v) is 8.13. The molecule has 0 radical (unpaired) electrons. The Bertz CT molecular complexity index is 901. The summed E-state index contributed by atoms with van der Waals surface area (Å²) >= 11 is 0. The van der Waals surface area contributed by atoms with E-state index in [1.54, 1.807) is 26.0 Å². The predicted octanol–water partition coefficient (Wildman–Crippen LogP) is 2.95. The molecule has 0 fully saturated rings. The molecule has 3 aromatic rings. The number of ether oxygens (including phenoxy) is 1. The van der Waals surface area contributed by atoms with Crippen LogP contribution in [0.1, 0.15) is 29.6 Å². The summed E-state index contributed by atoms with van der Waals surface area (Å²) in [5, 5.41) is 13.0. The van der Waals surface area contributed by atoms with E-state index >= 15 is 0 Å². The number of nitrogens with one attached hydrogen (secondary N) is 2. The Hall–Kier alpha value is -3.42. The van der Waals surface area contributed by atoms with Crippen LogP contribution in [-0.4, -0.2) is 33.3 Å². The summed E-state index contributed by atoms with van der Waals surface area (Å²) in [5.74, 6) is -0.291. The van der Waals surface area contributed by atoms with Gasteiger partial charge in [0.1, 0.15) is 11.5 Å². The molecule has 0 spiro atoms. The van der Waals surface area contributed by atoms with E-state index in [2.05, 4.69) is 20.7 Å². The number of anilines is 1. The highest BCUT2D eigenvalue weighted by Crippen LogP contribution is 2.18. The van der Waals surface area contributed by atoms with Crippen LogP contribution in [0.2, 0.25) is 0 Å². The molecular weight excluding hydrogens is 336 g/mol. The van der Waals surface area contributed by atoms with E-state index in [0.29, 0.717) is 17.9 Å². The van der Waals surface area contributed by atoms with Crippen LogP contribution in [0.4, 0.5) is 5.82 Å². The fourth-order valence-corrected chi connectivity index (χ4v) is 2.33. The van der Waals surface area contributed by atoms with Crippen molar-refractivity contribution in [2.45, 2.75) is 26.4 Å². The minimum Gasteiger partial charge on any atom is -0.448 e. The Morgan fingerprint density at radius 2 is 2.04 bits per heavy atom. The number of hydrogen-bond acceptors (Lipinski definition) is 6. The Labute approximate surface area is 149 Å². The van der Waals surface area contributed by atoms with Crippen molar-refractivity contribution in [1.82, 2.24) is 15.4 Å². The van der Waals surface area contributed by atoms with Crippen molar-refractivity contribution < 1.29 is 18.8 Å². The quantitative estimate of drug-likeness (QED) is 0.659. The monoisotopic (exact) mass is 354 g/mol. The second kappa shape index (κ2) is 7.64. The van der Waals surface area contributed by atoms with E-state index in [9.17, 15) is 9.59 Å². The Kier molecular flexibility index (Phi) is 5.12. The molecule has 2 aromatic heterocycles. The predicted molar refractivity (Wildman–Crippen MR) is 93.4 cm³/mol. The van der Waals surface area contributed by atoms with Gasteiger partial charge in [0.15, 0.2) is 11.9 Å². The molecule has 134 valence electrons. The topological polar surface area (TPSA) is 110 Å². The third-order valence-corrected chi connectivity index (χ3v) is 3.66. The van der Waals surface area contributed by atoms with Crippen LogP contribution in [0, 0.1) is 6.92 Å². The van der Waals surface area contributed by atoms with E-state index in [-0.39, 0.29) is 11.5 Å². The van der Waals surface area contributed by atoms with Crippen LogP contribution in [0.3, 0.4) is 0 Å². The normalized spacial score (nSPS) is 11.8. The van der Waals surface area contributed by atoms with Crippen molar-refractivity contribution in [3.05, 3.63) is 53.9 Å². The maximum Gasteiger partial charge on any atom is 0.357 e. The van der Waals surface area contributed by atoms with E-state index in [4.69, 9.17) is 9.26 Å². The lowest BCUT2D eigenvalue weighted by molar-refractivity contribution is -0.124. The SMILES string of the molecule is CCC(OC(=O)c1cc(-c2ccccc2)n[nH]1)C(=O)Nc1cc(C)on1. The molecule has 0 bridgehead atoms. The van der Waals surface area contributed by atoms with Crippen molar-refractivity contribution in [3.63, 3.8) is 0 Å². The number of aryl methyl sites for hydroxylation is 1. The van der Waals surface area contributed by atoms with Gasteiger partial charge in [0.05, 0.1) is 5.69 Å². The fourth-order valence-electron chi connectivity index (χ4n) is 2.33. The molecule has 0 aliphatic carbocycles. The summed E-state index contributed by atoms with van der Waals surface area (Å²) in [7, 11) is 0. The number of hydrogen-bond donors (Lipinski definition) is 2. The van der Waals surface area contributed by atoms with Gasteiger partial charge < -0.3 is 14.6 Å². The lowest BCUT2D eigenvalue weighted by atomic mass is 10.1. The van der Waals surface area contributed by atoms with Gasteiger partial charge in [-0.05, 0) is 19.4 Å². The Morgan fingerprint density at radius 3 is 2.69 bits per heavy atom. The smallest absolute Gasteiger partial charge is 0.357 e. The largest absolute Gasteiger partial charge is 0.448 e. The molecule has 8 heteroatoms. The van der Waals surface area contributed by atoms with Gasteiger partial charge >= 0.3 is 5.97 Å². The minimum atomic E-state index is -0.956. The van der Waals surface area contributed by atoms with Crippen LogP contribution in [0.25, 0.3) is 11.3 Å². The molecule has 3 rings (SSSR count). The van der Waals surface area contributed by atoms with Gasteiger partial charge in [-0.25, -0.2) is 4.79 Å². The van der Waals surface area contributed by atoms with E-state index < -0.39 is 18.0 Å². The maximum absolute atomic E-state index is 12.3. The molecule has 1 amide bonds. The second-order valence-corrected chi connectivity index (χ2v) is 5.65. The fraction of sp³-hybridized carbons (Fsp3) is 0.222. The summed E-state index contributed by atoms with van der Waals surface area (Å²) < 4.78 is 10.2. The number of carbonyl (C=O) groups is 2. The Balaban J connectivity index is 1.65. The number of esters is 1. The van der Waals surface area contributed by atoms with Crippen molar-refractivity contribution in [3.8, 4) is 11.3 Å². The third-order valence-electron chi connectivity index (χ3n) is 3.66. The van der Waals surface area contributed by atoms with Crippen LogP contribution >= 0.6 is 0 Å². The number of benzene rings is 1. The third kappa shape index (κ3) is 3.97. The lowest BCUT2D eigenvalue weighted by Gasteiger charge is -2.14. The molecule has 1 unspecified atom stereocenters. The Morgan fingerprint density at radius 1 is 1.27 bits per heavy atom. The lowest BCUT2D eigenvalue weighted by Crippen LogP contribution is -2.32. The van der Waals surface area contributed by atoms with Gasteiger partial charge in [0.2, 0.25) is 0 Å². The van der Waals surface area contributed by atoms with Crippen molar-refractivity contribution >= 4 is 17.7 Å². The first-order chi connectivity index (χ1) is 12.6. The molecule has 0 aliphatic heterocycles. The molecule has 1 aromatic carbocycles. The van der Waals surface area contributed by atoms with Crippen LogP contribution in [0.5, 0.6) is 0 Å². The van der Waals surface area contributed by atoms with Crippen LogP contribution in [-0.2, 0) is 9.53 Å². The van der Waals surface area contributed by atoms with Crippen LogP contribution < -0.4 is 5.32 Å². The highest BCUT2D eigenvalue weighted by Gasteiger charge is 2.24. The second-order valence-electron chi connectivity index (χ2n) is 5.65. The highest BCUT2D eigenvalue weighted by molar-refractivity contribution is 5.96. The van der Waals surface area contributed by atoms with Crippen molar-refractivity contribution in [2.75, 3.05) is 5.32 Å². The molecular formula is C18H18N4O4. The van der Waals surface area contributed by atoms with Crippen molar-refractivity contribution in [1.29, 1.82) is 0 Å². The van der Waals surface area contributed by atoms with Gasteiger partial charge in [-0.1, -0.05) is 42.4 Å². The first kappa shape index (κ1) is 17.4. The van der Waals surface area contributed by atoms with Gasteiger partial charge in [-0.15, -0.1) is 0 Å². The van der Waals surface area contributed by atoms with Gasteiger partial charge in [-0.2, -0.15) is 5.10 Å². The zero-order chi connectivity index (χ0) is 18.5. The number of rotatable bonds is 6. The minimum absolute atomic E-state index is 0.174. The summed E-state index contributed by atoms with van der Waals surface area (Å²) in [4.78, 5) is 24.6. The average molecular weight is 354 g/mol. The zero-order valence-corrected chi connectivity index (χ0v) is 14.4. The summed E-state index contributed by atoms with van der Waals surface area (Å²) in [5.41, 5.74) is 1.66. The zero-order valence-electron chi connectivity index (χ0n) is 14.4. The molecule has 0 aliphatic rings. The summed E-state index contributed by atoms with van der Waals surface area (Å²) in [6.45, 7) is 3.45. The molecule has 1 atom stereocenters. The number of aromatic nitrogens is 3. The van der Waals surface area contributed by atoms with E-state index in [1.165, 1.54) is 0 Å². The molecule has 8 nitrogen and oxygen atoms in total. The number of aromatic amines is 1. The van der Waals surface area contributed by atoms with Gasteiger partial charge in [-0.3, -0.25) is 9.89 Å². The molecule has 26 heavy (non-hydrogen) atoms. The van der Waals surface area contributed by atoms with Gasteiger partial charge in [0.25, 0.3) is 5.91 Å². The van der Waals surface area contributed by atoms with Gasteiger partial charge in [0, 0.05) is 11.6 Å². The maximum atomic E-state index is 12.3. The molecule has 0 saturated carbocycles. The average Bonchev–Trinajstić information content (AvgIpc) is 3.29. The number of carbonyl (C=O) groups excluding carboxylic acids is 2. The molecule has 0 saturated heterocycles. The molecule has 2 N–H and O–H groups in total. The number of H-pyrrole nitrogens is 1. The summed E-state index contributed by atoms with van der Waals surface area (Å²) in [6.07, 6.45) is -0.642. The number of nitrogens with zero attached hydrogens (tertiary/aromatic N) is 2. The molecule has 2 heterocycles. The van der Waals surface area contributed by atoms with E-state index in [1.807, 2.05) is 30.3 Å². The first-order valence-electron chi connectivity index (χ1n) is 8.13. The van der Waals surface area contributed by atoms with E-state index in [0.717, 1.165) is 5.56 Å². The number of amides is 1.